The predicted octanol–water partition coefficient (Wildman–Crippen LogP) is 1.78. The number of phenolic OH excluding ortho intramolecular Hbond substituents is 2. The molecule has 0 atom stereocenters. The van der Waals surface area contributed by atoms with Gasteiger partial charge in [-0.05, 0) is 18.2 Å². The Hall–Kier alpha value is -3.22. The molecule has 0 saturated carbocycles. The van der Waals surface area contributed by atoms with Gasteiger partial charge in [0.1, 0.15) is 17.1 Å². The zero-order chi connectivity index (χ0) is 15.3. The Labute approximate surface area is 117 Å². The number of hydrogen-bond acceptors (Lipinski definition) is 6. The van der Waals surface area contributed by atoms with Crippen LogP contribution >= 0.6 is 0 Å². The van der Waals surface area contributed by atoms with Gasteiger partial charge >= 0.3 is 0 Å². The minimum atomic E-state index is -0.861. The van der Waals surface area contributed by atoms with Gasteiger partial charge in [0.2, 0.25) is 5.78 Å². The summed E-state index contributed by atoms with van der Waals surface area (Å²) in [7, 11) is 0. The lowest BCUT2D eigenvalue weighted by atomic mass is 9.82. The smallest absolute Gasteiger partial charge is 0.281 e. The SMILES string of the molecule is O=C1c2cccc([N+](=O)[O-])c2C(=O)c2c(O)ccc(O)c21. The van der Waals surface area contributed by atoms with Crippen molar-refractivity contribution < 1.29 is 24.7 Å². The summed E-state index contributed by atoms with van der Waals surface area (Å²) in [6.45, 7) is 0. The van der Waals surface area contributed by atoms with Gasteiger partial charge in [0.15, 0.2) is 5.78 Å². The number of nitro benzene ring substituents is 1. The molecule has 7 nitrogen and oxygen atoms in total. The third-order valence-corrected chi connectivity index (χ3v) is 3.33. The number of nitrogens with zero attached hydrogens (tertiary/aromatic N) is 1. The van der Waals surface area contributed by atoms with Crippen LogP contribution in [-0.4, -0.2) is 26.7 Å². The molecule has 0 heterocycles. The van der Waals surface area contributed by atoms with E-state index >= 15 is 0 Å². The highest BCUT2D eigenvalue weighted by Gasteiger charge is 2.38. The molecular weight excluding hydrogens is 278 g/mol. The van der Waals surface area contributed by atoms with Crippen molar-refractivity contribution >= 4 is 17.3 Å². The third-order valence-electron chi connectivity index (χ3n) is 3.33. The summed E-state index contributed by atoms with van der Waals surface area (Å²) >= 11 is 0. The number of benzene rings is 2. The van der Waals surface area contributed by atoms with Crippen LogP contribution in [0, 0.1) is 10.1 Å². The third kappa shape index (κ3) is 1.61. The first-order valence-electron chi connectivity index (χ1n) is 5.85. The summed E-state index contributed by atoms with van der Waals surface area (Å²) in [6.07, 6.45) is 0. The largest absolute Gasteiger partial charge is 0.507 e. The van der Waals surface area contributed by atoms with Crippen LogP contribution in [0.2, 0.25) is 0 Å². The van der Waals surface area contributed by atoms with E-state index in [1.54, 1.807) is 0 Å². The highest BCUT2D eigenvalue weighted by molar-refractivity contribution is 6.31. The Morgan fingerprint density at radius 2 is 1.43 bits per heavy atom. The van der Waals surface area contributed by atoms with E-state index < -0.39 is 39.2 Å². The Balaban J connectivity index is 2.42. The van der Waals surface area contributed by atoms with Crippen LogP contribution in [0.3, 0.4) is 0 Å². The van der Waals surface area contributed by atoms with Gasteiger partial charge in [-0.25, -0.2) is 0 Å². The molecule has 0 amide bonds. The molecule has 7 heteroatoms. The second kappa shape index (κ2) is 4.14. The van der Waals surface area contributed by atoms with Crippen LogP contribution < -0.4 is 0 Å². The zero-order valence-electron chi connectivity index (χ0n) is 10.4. The van der Waals surface area contributed by atoms with E-state index in [-0.39, 0.29) is 16.7 Å². The maximum absolute atomic E-state index is 12.4. The summed E-state index contributed by atoms with van der Waals surface area (Å²) in [5, 5.41) is 30.5. The first-order valence-corrected chi connectivity index (χ1v) is 5.85. The van der Waals surface area contributed by atoms with Gasteiger partial charge in [0, 0.05) is 11.6 Å². The van der Waals surface area contributed by atoms with E-state index in [1.165, 1.54) is 12.1 Å². The van der Waals surface area contributed by atoms with Crippen molar-refractivity contribution in [3.63, 3.8) is 0 Å². The highest BCUT2D eigenvalue weighted by atomic mass is 16.6. The number of rotatable bonds is 1. The summed E-state index contributed by atoms with van der Waals surface area (Å²) < 4.78 is 0. The molecule has 0 aromatic heterocycles. The lowest BCUT2D eigenvalue weighted by Crippen LogP contribution is -2.22. The number of nitro groups is 1. The lowest BCUT2D eigenvalue weighted by Gasteiger charge is -2.18. The fraction of sp³-hybridized carbons (Fsp3) is 0. The Morgan fingerprint density at radius 3 is 2.00 bits per heavy atom. The molecule has 21 heavy (non-hydrogen) atoms. The minimum absolute atomic E-state index is 0.164. The number of carbonyl (C=O) groups is 2. The van der Waals surface area contributed by atoms with Gasteiger partial charge in [-0.3, -0.25) is 19.7 Å². The molecule has 0 spiro atoms. The molecule has 1 aliphatic rings. The van der Waals surface area contributed by atoms with Crippen molar-refractivity contribution in [2.24, 2.45) is 0 Å². The number of carbonyl (C=O) groups excluding carboxylic acids is 2. The van der Waals surface area contributed by atoms with Crippen molar-refractivity contribution in [1.82, 2.24) is 0 Å². The van der Waals surface area contributed by atoms with Crippen molar-refractivity contribution in [2.45, 2.75) is 0 Å². The van der Waals surface area contributed by atoms with Crippen LogP contribution in [0.1, 0.15) is 31.8 Å². The van der Waals surface area contributed by atoms with E-state index in [1.807, 2.05) is 0 Å². The van der Waals surface area contributed by atoms with Gasteiger partial charge in [0.25, 0.3) is 5.69 Å². The molecule has 0 aliphatic heterocycles. The number of ketones is 2. The van der Waals surface area contributed by atoms with E-state index in [9.17, 15) is 29.9 Å². The molecule has 0 bridgehead atoms. The number of fused-ring (bicyclic) bond motifs is 2. The Bertz CT molecular complexity index is 840. The van der Waals surface area contributed by atoms with Gasteiger partial charge in [-0.1, -0.05) is 6.07 Å². The Kier molecular flexibility index (Phi) is 2.52. The maximum Gasteiger partial charge on any atom is 0.281 e. The number of phenols is 2. The van der Waals surface area contributed by atoms with E-state index in [2.05, 4.69) is 0 Å². The fourth-order valence-corrected chi connectivity index (χ4v) is 2.42. The molecule has 104 valence electrons. The molecule has 2 aromatic carbocycles. The second-order valence-corrected chi connectivity index (χ2v) is 4.47. The fourth-order valence-electron chi connectivity index (χ4n) is 2.42. The molecule has 2 N–H and O–H groups in total. The molecule has 1 aliphatic carbocycles. The van der Waals surface area contributed by atoms with Gasteiger partial charge in [0.05, 0.1) is 16.1 Å². The summed E-state index contributed by atoms with van der Waals surface area (Å²) in [5.74, 6) is -2.57. The van der Waals surface area contributed by atoms with Gasteiger partial charge < -0.3 is 10.2 Å². The molecule has 3 rings (SSSR count). The lowest BCUT2D eigenvalue weighted by molar-refractivity contribution is -0.385. The first kappa shape index (κ1) is 12.8. The van der Waals surface area contributed by atoms with E-state index in [0.29, 0.717) is 0 Å². The summed E-state index contributed by atoms with van der Waals surface area (Å²) in [6, 6.07) is 5.80. The highest BCUT2D eigenvalue weighted by Crippen LogP contribution is 2.40. The summed E-state index contributed by atoms with van der Waals surface area (Å²) in [5.41, 5.74) is -1.81. The van der Waals surface area contributed by atoms with Gasteiger partial charge in [-0.15, -0.1) is 0 Å². The number of aromatic hydroxyl groups is 2. The topological polar surface area (TPSA) is 118 Å². The number of hydrogen-bond donors (Lipinski definition) is 2. The van der Waals surface area contributed by atoms with E-state index in [4.69, 9.17) is 0 Å². The minimum Gasteiger partial charge on any atom is -0.507 e. The van der Waals surface area contributed by atoms with Crippen LogP contribution in [-0.2, 0) is 0 Å². The maximum atomic E-state index is 12.4. The van der Waals surface area contributed by atoms with Crippen molar-refractivity contribution in [1.29, 1.82) is 0 Å². The standard InChI is InChI=1S/C14H7NO6/c16-8-4-5-9(17)12-11(8)13(18)6-2-1-3-7(15(20)21)10(6)14(12)19/h1-5,16-17H. The summed E-state index contributed by atoms with van der Waals surface area (Å²) in [4.78, 5) is 35.0. The van der Waals surface area contributed by atoms with Crippen molar-refractivity contribution in [3.8, 4) is 11.5 Å². The van der Waals surface area contributed by atoms with Crippen LogP contribution in [0.5, 0.6) is 11.5 Å². The van der Waals surface area contributed by atoms with Crippen LogP contribution in [0.4, 0.5) is 5.69 Å². The molecule has 2 aromatic rings. The molecular formula is C14H7NO6. The second-order valence-electron chi connectivity index (χ2n) is 4.47. The van der Waals surface area contributed by atoms with E-state index in [0.717, 1.165) is 18.2 Å². The molecule has 0 unspecified atom stereocenters. The van der Waals surface area contributed by atoms with Crippen molar-refractivity contribution in [3.05, 3.63) is 62.7 Å². The first-order chi connectivity index (χ1) is 9.93. The predicted molar refractivity (Wildman–Crippen MR) is 69.7 cm³/mol. The zero-order valence-corrected chi connectivity index (χ0v) is 10.4. The molecule has 0 radical (unpaired) electrons. The normalized spacial score (nSPS) is 12.8. The average molecular weight is 285 g/mol. The Morgan fingerprint density at radius 1 is 0.857 bits per heavy atom. The monoisotopic (exact) mass is 285 g/mol. The van der Waals surface area contributed by atoms with Crippen LogP contribution in [0.25, 0.3) is 0 Å². The molecule has 0 fully saturated rings. The van der Waals surface area contributed by atoms with Crippen molar-refractivity contribution in [2.75, 3.05) is 0 Å². The molecule has 0 saturated heterocycles. The van der Waals surface area contributed by atoms with Crippen LogP contribution in [0.15, 0.2) is 30.3 Å². The quantitative estimate of drug-likeness (QED) is 0.399. The van der Waals surface area contributed by atoms with Gasteiger partial charge in [-0.2, -0.15) is 0 Å². The average Bonchev–Trinajstić information content (AvgIpc) is 2.46.